The minimum Gasteiger partial charge on any atom is -0.343 e. The van der Waals surface area contributed by atoms with Crippen molar-refractivity contribution in [2.75, 3.05) is 111 Å². The summed E-state index contributed by atoms with van der Waals surface area (Å²) in [6.07, 6.45) is 0.952. The average Bonchev–Trinajstić information content (AvgIpc) is 2.89. The third kappa shape index (κ3) is 15.4. The highest BCUT2D eigenvalue weighted by Crippen LogP contribution is 2.50. The summed E-state index contributed by atoms with van der Waals surface area (Å²) in [6.45, 7) is 15.4. The fourth-order valence-electron chi connectivity index (χ4n) is 4.35. The maximum Gasteiger partial charge on any atom is 0.344 e. The minimum atomic E-state index is -3.42. The average molecular weight is 651 g/mol. The van der Waals surface area contributed by atoms with E-state index in [9.17, 15) is 18.5 Å². The molecule has 0 saturated carbocycles. The van der Waals surface area contributed by atoms with Crippen molar-refractivity contribution in [2.45, 2.75) is 41.5 Å². The molecule has 0 spiro atoms. The van der Waals surface area contributed by atoms with Gasteiger partial charge in [0.1, 0.15) is 18.9 Å². The third-order valence-corrected chi connectivity index (χ3v) is 12.2. The first-order valence-corrected chi connectivity index (χ1v) is 19.7. The highest BCUT2D eigenvalue weighted by atomic mass is 31.2. The van der Waals surface area contributed by atoms with Gasteiger partial charge in [0.2, 0.25) is 6.41 Å². The van der Waals surface area contributed by atoms with E-state index in [0.717, 1.165) is 6.41 Å². The monoisotopic (exact) mass is 650 g/mol. The molecule has 0 aromatic rings. The summed E-state index contributed by atoms with van der Waals surface area (Å²) in [6, 6.07) is 0. The maximum atomic E-state index is 13.5. The number of hydrogen-bond donors (Lipinski definition) is 0. The molecular weight excluding hydrogens is 597 g/mol. The van der Waals surface area contributed by atoms with Crippen molar-refractivity contribution < 1.29 is 45.6 Å². The standard InChI is InChI=1S/C24H53N4O10P3/c1-7-33-39(30,34-8-2)22-26-15-13-25(21-29)14-16-27(23-40(31,35-9-3)36-10-4)18-20-28(19-17-26)24-41(32,37-11-5)38-12-6/h21H,7-20,22-24H2,1-6H3. The van der Waals surface area contributed by atoms with Crippen LogP contribution in [0.2, 0.25) is 0 Å². The van der Waals surface area contributed by atoms with Crippen LogP contribution in [0, 0.1) is 0 Å². The lowest BCUT2D eigenvalue weighted by molar-refractivity contribution is -0.118. The van der Waals surface area contributed by atoms with Crippen LogP contribution in [0.4, 0.5) is 0 Å². The Hall–Kier alpha value is -0.200. The Labute approximate surface area is 246 Å². The topological polar surface area (TPSA) is 137 Å². The Morgan fingerprint density at radius 2 is 0.683 bits per heavy atom. The van der Waals surface area contributed by atoms with Crippen molar-refractivity contribution in [3.8, 4) is 0 Å². The fourth-order valence-corrected chi connectivity index (χ4v) is 9.75. The molecule has 0 aromatic heterocycles. The Morgan fingerprint density at radius 3 is 0.878 bits per heavy atom. The van der Waals surface area contributed by atoms with Gasteiger partial charge < -0.3 is 32.0 Å². The van der Waals surface area contributed by atoms with Crippen molar-refractivity contribution in [3.63, 3.8) is 0 Å². The number of nitrogens with zero attached hydrogens (tertiary/aromatic N) is 4. The molecule has 1 amide bonds. The van der Waals surface area contributed by atoms with Gasteiger partial charge in [-0.2, -0.15) is 0 Å². The molecule has 41 heavy (non-hydrogen) atoms. The molecule has 0 bridgehead atoms. The Bertz CT molecular complexity index is 794. The zero-order chi connectivity index (χ0) is 30.8. The number of carbonyl (C=O) groups is 1. The van der Waals surface area contributed by atoms with Crippen LogP contribution in [0.1, 0.15) is 41.5 Å². The van der Waals surface area contributed by atoms with Crippen molar-refractivity contribution in [1.82, 2.24) is 19.6 Å². The van der Waals surface area contributed by atoms with Gasteiger partial charge in [0.05, 0.1) is 39.6 Å². The van der Waals surface area contributed by atoms with Crippen molar-refractivity contribution >= 4 is 29.2 Å². The molecule has 1 rings (SSSR count). The van der Waals surface area contributed by atoms with Gasteiger partial charge in [-0.05, 0) is 41.5 Å². The summed E-state index contributed by atoms with van der Waals surface area (Å²) in [7, 11) is -10.2. The van der Waals surface area contributed by atoms with Gasteiger partial charge in [-0.1, -0.05) is 0 Å². The van der Waals surface area contributed by atoms with Crippen LogP contribution >= 0.6 is 22.8 Å². The quantitative estimate of drug-likeness (QED) is 0.147. The first-order chi connectivity index (χ1) is 19.5. The Balaban J connectivity index is 3.29. The molecule has 244 valence electrons. The van der Waals surface area contributed by atoms with Crippen LogP contribution in [0.25, 0.3) is 0 Å². The SMILES string of the molecule is CCOP(=O)(CN1CCN(C=O)CCN(CP(=O)(OCC)OCC)CCN(CP(=O)(OCC)OCC)CC1)OCC. The van der Waals surface area contributed by atoms with Crippen molar-refractivity contribution in [3.05, 3.63) is 0 Å². The summed E-state index contributed by atoms with van der Waals surface area (Å²) in [5.74, 6) is 0. The molecule has 0 atom stereocenters. The zero-order valence-electron chi connectivity index (χ0n) is 25.8. The molecule has 1 aliphatic heterocycles. The molecule has 0 aliphatic carbocycles. The van der Waals surface area contributed by atoms with Crippen LogP contribution in [-0.2, 0) is 45.6 Å². The van der Waals surface area contributed by atoms with Crippen LogP contribution in [0.15, 0.2) is 0 Å². The lowest BCUT2D eigenvalue weighted by Crippen LogP contribution is -2.46. The predicted molar refractivity (Wildman–Crippen MR) is 160 cm³/mol. The number of amides is 1. The lowest BCUT2D eigenvalue weighted by Gasteiger charge is -2.35. The van der Waals surface area contributed by atoms with Crippen molar-refractivity contribution in [2.24, 2.45) is 0 Å². The van der Waals surface area contributed by atoms with Crippen LogP contribution in [-0.4, -0.2) is 137 Å². The summed E-state index contributed by atoms with van der Waals surface area (Å²) >= 11 is 0. The van der Waals surface area contributed by atoms with Crippen LogP contribution < -0.4 is 0 Å². The first kappa shape index (κ1) is 38.8. The molecule has 14 nitrogen and oxygen atoms in total. The first-order valence-electron chi connectivity index (χ1n) is 14.5. The van der Waals surface area contributed by atoms with Gasteiger partial charge in [0.25, 0.3) is 0 Å². The van der Waals surface area contributed by atoms with Gasteiger partial charge in [0.15, 0.2) is 0 Å². The molecule has 0 N–H and O–H groups in total. The van der Waals surface area contributed by atoms with Gasteiger partial charge in [-0.3, -0.25) is 33.2 Å². The van der Waals surface area contributed by atoms with Gasteiger partial charge in [-0.15, -0.1) is 0 Å². The summed E-state index contributed by atoms with van der Waals surface area (Å²) < 4.78 is 73.4. The molecule has 1 aliphatic rings. The number of rotatable bonds is 19. The summed E-state index contributed by atoms with van der Waals surface area (Å²) in [5, 5.41) is 0. The van der Waals surface area contributed by atoms with E-state index in [2.05, 4.69) is 0 Å². The molecule has 0 unspecified atom stereocenters. The molecule has 1 saturated heterocycles. The van der Waals surface area contributed by atoms with Crippen molar-refractivity contribution in [1.29, 1.82) is 0 Å². The summed E-state index contributed by atoms with van der Waals surface area (Å²) in [5.41, 5.74) is 0. The fraction of sp³-hybridized carbons (Fsp3) is 0.958. The second kappa shape index (κ2) is 20.7. The molecule has 0 radical (unpaired) electrons. The smallest absolute Gasteiger partial charge is 0.343 e. The van der Waals surface area contributed by atoms with E-state index in [1.54, 1.807) is 46.4 Å². The molecule has 0 aromatic carbocycles. The largest absolute Gasteiger partial charge is 0.344 e. The minimum absolute atomic E-state index is 0.0555. The van der Waals surface area contributed by atoms with E-state index in [4.69, 9.17) is 27.1 Å². The van der Waals surface area contributed by atoms with E-state index in [1.807, 2.05) is 14.7 Å². The predicted octanol–water partition coefficient (Wildman–Crippen LogP) is 4.04. The second-order valence-corrected chi connectivity index (χ2v) is 15.3. The van der Waals surface area contributed by atoms with Crippen LogP contribution in [0.5, 0.6) is 0 Å². The van der Waals surface area contributed by atoms with E-state index in [0.29, 0.717) is 52.4 Å². The van der Waals surface area contributed by atoms with E-state index >= 15 is 0 Å². The second-order valence-electron chi connectivity index (χ2n) is 9.26. The summed E-state index contributed by atoms with van der Waals surface area (Å²) in [4.78, 5) is 19.4. The molecule has 1 fully saturated rings. The normalized spacial score (nSPS) is 18.2. The number of carbonyl (C=O) groups excluding carboxylic acids is 1. The highest BCUT2D eigenvalue weighted by Gasteiger charge is 2.32. The third-order valence-electron chi connectivity index (χ3n) is 6.10. The maximum absolute atomic E-state index is 13.5. The number of hydrogen-bond acceptors (Lipinski definition) is 13. The lowest BCUT2D eigenvalue weighted by atomic mass is 10.4. The molecule has 17 heteroatoms. The van der Waals surface area contributed by atoms with E-state index < -0.39 is 22.8 Å². The van der Waals surface area contributed by atoms with E-state index in [1.165, 1.54) is 0 Å². The molecule has 1 heterocycles. The van der Waals surface area contributed by atoms with Gasteiger partial charge >= 0.3 is 22.8 Å². The zero-order valence-corrected chi connectivity index (χ0v) is 28.5. The Morgan fingerprint density at radius 1 is 0.463 bits per heavy atom. The molecular formula is C24H53N4O10P3. The van der Waals surface area contributed by atoms with Gasteiger partial charge in [-0.25, -0.2) is 0 Å². The van der Waals surface area contributed by atoms with Gasteiger partial charge in [0, 0.05) is 52.4 Å². The van der Waals surface area contributed by atoms with Crippen LogP contribution in [0.3, 0.4) is 0 Å². The Kier molecular flexibility index (Phi) is 19.6. The van der Waals surface area contributed by atoms with E-state index in [-0.39, 0.29) is 58.5 Å². The highest BCUT2D eigenvalue weighted by molar-refractivity contribution is 7.54.